The maximum absolute atomic E-state index is 12.7. The van der Waals surface area contributed by atoms with E-state index in [4.69, 9.17) is 4.74 Å². The highest BCUT2D eigenvalue weighted by molar-refractivity contribution is 8.01. The van der Waals surface area contributed by atoms with Crippen molar-refractivity contribution in [3.05, 3.63) is 48.0 Å². The van der Waals surface area contributed by atoms with Crippen LogP contribution in [-0.2, 0) is 26.2 Å². The molecular formula is C21H23N3O5S2. The molecule has 4 rings (SSSR count). The van der Waals surface area contributed by atoms with Gasteiger partial charge in [-0.2, -0.15) is 0 Å². The van der Waals surface area contributed by atoms with Crippen LogP contribution in [0.5, 0.6) is 5.75 Å². The highest BCUT2D eigenvalue weighted by Gasteiger charge is 2.37. The Morgan fingerprint density at radius 2 is 1.90 bits per heavy atom. The quantitative estimate of drug-likeness (QED) is 0.639. The zero-order valence-corrected chi connectivity index (χ0v) is 18.6. The van der Waals surface area contributed by atoms with Crippen molar-refractivity contribution in [3.8, 4) is 5.75 Å². The summed E-state index contributed by atoms with van der Waals surface area (Å²) in [5.74, 6) is 0.0784. The number of rotatable bonds is 6. The predicted molar refractivity (Wildman–Crippen MR) is 118 cm³/mol. The first-order valence-corrected chi connectivity index (χ1v) is 12.3. The number of nitrogens with one attached hydrogen (secondary N) is 2. The number of hydrogen-bond donors (Lipinski definition) is 2. The zero-order chi connectivity index (χ0) is 22.0. The molecular weight excluding hydrogens is 438 g/mol. The largest absolute Gasteiger partial charge is 0.497 e. The van der Waals surface area contributed by atoms with Gasteiger partial charge < -0.3 is 15.0 Å². The lowest BCUT2D eigenvalue weighted by atomic mass is 10.2. The Labute approximate surface area is 185 Å². The number of sulfonamides is 1. The topological polar surface area (TPSA) is 105 Å². The number of thioether (sulfide) groups is 1. The molecule has 8 nitrogen and oxygen atoms in total. The van der Waals surface area contributed by atoms with E-state index < -0.39 is 21.2 Å². The molecule has 2 aromatic rings. The predicted octanol–water partition coefficient (Wildman–Crippen LogP) is 2.21. The van der Waals surface area contributed by atoms with Crippen molar-refractivity contribution in [1.82, 2.24) is 9.62 Å². The van der Waals surface area contributed by atoms with E-state index in [1.807, 2.05) is 0 Å². The Bertz CT molecular complexity index is 1100. The summed E-state index contributed by atoms with van der Waals surface area (Å²) < 4.78 is 33.1. The first kappa shape index (κ1) is 21.7. The SMILES string of the molecule is COc1ccc(CNS(=O)(=O)c2ccc3c(c2)NC(=O)C(C(=O)N2CCCC2)S3)cc1. The number of carbonyl (C=O) groups is 2. The molecule has 2 heterocycles. The number of fused-ring (bicyclic) bond motifs is 1. The van der Waals surface area contributed by atoms with Gasteiger partial charge in [0.15, 0.2) is 5.25 Å². The number of ether oxygens (including phenoxy) is 1. The monoisotopic (exact) mass is 461 g/mol. The first-order chi connectivity index (χ1) is 14.9. The highest BCUT2D eigenvalue weighted by Crippen LogP contribution is 2.38. The summed E-state index contributed by atoms with van der Waals surface area (Å²) in [7, 11) is -2.22. The molecule has 2 aliphatic rings. The van der Waals surface area contributed by atoms with Crippen molar-refractivity contribution < 1.29 is 22.7 Å². The van der Waals surface area contributed by atoms with Gasteiger partial charge in [-0.05, 0) is 48.7 Å². The summed E-state index contributed by atoms with van der Waals surface area (Å²) >= 11 is 1.16. The molecule has 0 saturated carbocycles. The maximum Gasteiger partial charge on any atom is 0.247 e. The third-order valence-corrected chi connectivity index (χ3v) is 7.93. The van der Waals surface area contributed by atoms with E-state index >= 15 is 0 Å². The molecule has 2 amide bonds. The Hall–Kier alpha value is -2.56. The van der Waals surface area contributed by atoms with Gasteiger partial charge >= 0.3 is 0 Å². The van der Waals surface area contributed by atoms with Gasteiger partial charge in [0.25, 0.3) is 0 Å². The van der Waals surface area contributed by atoms with Crippen LogP contribution in [-0.4, -0.2) is 50.6 Å². The van der Waals surface area contributed by atoms with Crippen molar-refractivity contribution in [2.45, 2.75) is 34.4 Å². The van der Waals surface area contributed by atoms with Crippen molar-refractivity contribution in [1.29, 1.82) is 0 Å². The number of anilines is 1. The Morgan fingerprint density at radius 1 is 1.19 bits per heavy atom. The lowest BCUT2D eigenvalue weighted by Crippen LogP contribution is -2.43. The van der Waals surface area contributed by atoms with Crippen LogP contribution in [0.4, 0.5) is 5.69 Å². The molecule has 10 heteroatoms. The van der Waals surface area contributed by atoms with Gasteiger partial charge in [-0.1, -0.05) is 12.1 Å². The van der Waals surface area contributed by atoms with Crippen LogP contribution in [0.1, 0.15) is 18.4 Å². The summed E-state index contributed by atoms with van der Waals surface area (Å²) in [6.45, 7) is 1.47. The zero-order valence-electron chi connectivity index (χ0n) is 17.0. The van der Waals surface area contributed by atoms with Crippen molar-refractivity contribution in [2.24, 2.45) is 0 Å². The minimum Gasteiger partial charge on any atom is -0.497 e. The van der Waals surface area contributed by atoms with Crippen LogP contribution in [0.3, 0.4) is 0 Å². The van der Waals surface area contributed by atoms with Gasteiger partial charge in [-0.15, -0.1) is 11.8 Å². The van der Waals surface area contributed by atoms with Crippen LogP contribution < -0.4 is 14.8 Å². The van der Waals surface area contributed by atoms with Crippen molar-refractivity contribution in [3.63, 3.8) is 0 Å². The molecule has 2 aliphatic heterocycles. The molecule has 164 valence electrons. The van der Waals surface area contributed by atoms with Gasteiger partial charge in [0, 0.05) is 24.5 Å². The second-order valence-corrected chi connectivity index (χ2v) is 10.3. The second-order valence-electron chi connectivity index (χ2n) is 7.35. The average molecular weight is 462 g/mol. The third kappa shape index (κ3) is 4.70. The fraction of sp³-hybridized carbons (Fsp3) is 0.333. The number of nitrogens with zero attached hydrogens (tertiary/aromatic N) is 1. The van der Waals surface area contributed by atoms with Crippen molar-refractivity contribution >= 4 is 39.3 Å². The molecule has 0 spiro atoms. The molecule has 2 N–H and O–H groups in total. The van der Waals surface area contributed by atoms with Crippen LogP contribution in [0, 0.1) is 0 Å². The van der Waals surface area contributed by atoms with E-state index in [2.05, 4.69) is 10.0 Å². The molecule has 0 bridgehead atoms. The Kier molecular flexibility index (Phi) is 6.22. The van der Waals surface area contributed by atoms with Crippen molar-refractivity contribution in [2.75, 3.05) is 25.5 Å². The molecule has 1 unspecified atom stereocenters. The van der Waals surface area contributed by atoms with Gasteiger partial charge in [-0.25, -0.2) is 13.1 Å². The minimum atomic E-state index is -3.79. The fourth-order valence-electron chi connectivity index (χ4n) is 3.53. The Balaban J connectivity index is 1.46. The Morgan fingerprint density at radius 3 is 2.58 bits per heavy atom. The molecule has 1 atom stereocenters. The molecule has 0 aliphatic carbocycles. The number of benzene rings is 2. The van der Waals surface area contributed by atoms with E-state index in [0.717, 1.165) is 30.2 Å². The average Bonchev–Trinajstić information content (AvgIpc) is 3.32. The third-order valence-electron chi connectivity index (χ3n) is 5.27. The lowest BCUT2D eigenvalue weighted by molar-refractivity contribution is -0.133. The highest BCUT2D eigenvalue weighted by atomic mass is 32.2. The summed E-state index contributed by atoms with van der Waals surface area (Å²) in [6, 6.07) is 11.6. The molecule has 2 aromatic carbocycles. The van der Waals surface area contributed by atoms with Crippen LogP contribution in [0.15, 0.2) is 52.3 Å². The number of methoxy groups -OCH3 is 1. The lowest BCUT2D eigenvalue weighted by Gasteiger charge is -2.27. The maximum atomic E-state index is 12.7. The fourth-order valence-corrected chi connectivity index (χ4v) is 5.62. The minimum absolute atomic E-state index is 0.0463. The second kappa shape index (κ2) is 8.89. The standard InChI is InChI=1S/C21H23N3O5S2/c1-29-15-6-4-14(5-7-15)13-22-31(27,28)16-8-9-18-17(12-16)23-20(25)19(30-18)21(26)24-10-2-3-11-24/h4-9,12,19,22H,2-3,10-11,13H2,1H3,(H,23,25). The first-order valence-electron chi connectivity index (χ1n) is 9.90. The summed E-state index contributed by atoms with van der Waals surface area (Å²) in [5.41, 5.74) is 1.18. The number of hydrogen-bond acceptors (Lipinski definition) is 6. The van der Waals surface area contributed by atoms with Gasteiger partial charge in [0.05, 0.1) is 17.7 Å². The van der Waals surface area contributed by atoms with E-state index in [9.17, 15) is 18.0 Å². The normalized spacial score (nSPS) is 18.4. The van der Waals surface area contributed by atoms with Crippen LogP contribution in [0.2, 0.25) is 0 Å². The molecule has 1 fully saturated rings. The van der Waals surface area contributed by atoms with Gasteiger partial charge in [0.1, 0.15) is 5.75 Å². The van der Waals surface area contributed by atoms with Gasteiger partial charge in [-0.3, -0.25) is 9.59 Å². The molecule has 0 aromatic heterocycles. The number of carbonyl (C=O) groups excluding carboxylic acids is 2. The summed E-state index contributed by atoms with van der Waals surface area (Å²) in [5, 5.41) is 1.85. The van der Waals surface area contributed by atoms with E-state index in [1.165, 1.54) is 12.1 Å². The smallest absolute Gasteiger partial charge is 0.247 e. The molecule has 0 radical (unpaired) electrons. The van der Waals surface area contributed by atoms with E-state index in [1.54, 1.807) is 42.3 Å². The number of amides is 2. The van der Waals surface area contributed by atoms with Gasteiger partial charge in [0.2, 0.25) is 21.8 Å². The molecule has 1 saturated heterocycles. The van der Waals surface area contributed by atoms with E-state index in [-0.39, 0.29) is 17.3 Å². The van der Waals surface area contributed by atoms with E-state index in [0.29, 0.717) is 29.4 Å². The van der Waals surface area contributed by atoms with Crippen LogP contribution in [0.25, 0.3) is 0 Å². The van der Waals surface area contributed by atoms with Crippen LogP contribution >= 0.6 is 11.8 Å². The summed E-state index contributed by atoms with van der Waals surface area (Å²) in [6.07, 6.45) is 1.90. The molecule has 31 heavy (non-hydrogen) atoms. The number of likely N-dealkylation sites (tertiary alicyclic amines) is 1. The summed E-state index contributed by atoms with van der Waals surface area (Å²) in [4.78, 5) is 27.6.